The third kappa shape index (κ3) is 4.11. The number of carbonyl (C=O) groups excluding carboxylic acids is 1. The highest BCUT2D eigenvalue weighted by atomic mass is 16.7. The summed E-state index contributed by atoms with van der Waals surface area (Å²) in [6.07, 6.45) is 3.34. The molecule has 9 heteroatoms. The second-order valence-corrected chi connectivity index (χ2v) is 17.7. The van der Waals surface area contributed by atoms with E-state index in [0.717, 1.165) is 64.0 Å². The molecule has 9 nitrogen and oxygen atoms in total. The van der Waals surface area contributed by atoms with Gasteiger partial charge in [-0.3, -0.25) is 14.6 Å². The lowest BCUT2D eigenvalue weighted by Crippen LogP contribution is -2.82. The van der Waals surface area contributed by atoms with Gasteiger partial charge in [-0.05, 0) is 151 Å². The fraction of sp³-hybridized carbons (Fsp3) is 0.568. The molecular formula is C44H54N2O7. The highest BCUT2D eigenvalue weighted by Crippen LogP contribution is 2.68. The molecule has 2 saturated heterocycles. The van der Waals surface area contributed by atoms with Gasteiger partial charge < -0.3 is 29.2 Å². The van der Waals surface area contributed by atoms with Gasteiger partial charge in [0.2, 0.25) is 6.79 Å². The molecule has 2 N–H and O–H groups in total. The van der Waals surface area contributed by atoms with E-state index >= 15 is 0 Å². The number of ether oxygens (including phenoxy) is 4. The van der Waals surface area contributed by atoms with E-state index in [0.29, 0.717) is 30.8 Å². The third-order valence-corrected chi connectivity index (χ3v) is 15.2. The fourth-order valence-electron chi connectivity index (χ4n) is 12.3. The van der Waals surface area contributed by atoms with Gasteiger partial charge in [-0.2, -0.15) is 0 Å². The zero-order chi connectivity index (χ0) is 37.7. The van der Waals surface area contributed by atoms with Crippen LogP contribution in [0.15, 0.2) is 18.2 Å². The molecule has 4 bridgehead atoms. The van der Waals surface area contributed by atoms with Crippen molar-refractivity contribution < 1.29 is 34.0 Å². The normalized spacial score (nSPS) is 34.2. The molecule has 7 atom stereocenters. The Morgan fingerprint density at radius 1 is 0.887 bits per heavy atom. The van der Waals surface area contributed by atoms with Crippen LogP contribution in [0.4, 0.5) is 0 Å². The van der Waals surface area contributed by atoms with E-state index < -0.39 is 28.3 Å². The van der Waals surface area contributed by atoms with Crippen LogP contribution < -0.4 is 14.2 Å². The van der Waals surface area contributed by atoms with E-state index in [9.17, 15) is 15.0 Å². The van der Waals surface area contributed by atoms with Crippen LogP contribution in [0.5, 0.6) is 23.0 Å². The van der Waals surface area contributed by atoms with Gasteiger partial charge in [-0.15, -0.1) is 0 Å². The number of fused-ring (bicyclic) bond motifs is 9. The molecule has 6 heterocycles. The molecule has 3 aromatic carbocycles. The molecular weight excluding hydrogens is 668 g/mol. The van der Waals surface area contributed by atoms with Gasteiger partial charge in [0.25, 0.3) is 0 Å². The number of nitrogens with zero attached hydrogens (tertiary/aromatic N) is 2. The first-order chi connectivity index (χ1) is 25.1. The van der Waals surface area contributed by atoms with Crippen molar-refractivity contribution in [3.63, 3.8) is 0 Å². The summed E-state index contributed by atoms with van der Waals surface area (Å²) in [4.78, 5) is 19.6. The number of methoxy groups -OCH3 is 1. The van der Waals surface area contributed by atoms with Crippen LogP contribution in [0.1, 0.15) is 120 Å². The number of piperazine rings is 1. The zero-order valence-corrected chi connectivity index (χ0v) is 33.0. The number of hydrogen-bond acceptors (Lipinski definition) is 9. The predicted octanol–water partition coefficient (Wildman–Crippen LogP) is 6.98. The number of esters is 1. The Hall–Kier alpha value is -3.79. The van der Waals surface area contributed by atoms with Crippen molar-refractivity contribution in [2.24, 2.45) is 0 Å². The van der Waals surface area contributed by atoms with Gasteiger partial charge >= 0.3 is 5.97 Å². The van der Waals surface area contributed by atoms with Crippen molar-refractivity contribution >= 4 is 5.97 Å². The zero-order valence-electron chi connectivity index (χ0n) is 33.0. The monoisotopic (exact) mass is 722 g/mol. The van der Waals surface area contributed by atoms with Crippen LogP contribution in [0.2, 0.25) is 0 Å². The van der Waals surface area contributed by atoms with E-state index in [1.54, 1.807) is 7.11 Å². The molecule has 3 aromatic rings. The van der Waals surface area contributed by atoms with Crippen LogP contribution in [0.25, 0.3) is 0 Å². The summed E-state index contributed by atoms with van der Waals surface area (Å²) in [6.45, 7) is 17.2. The summed E-state index contributed by atoms with van der Waals surface area (Å²) in [6, 6.07) is 6.31. The summed E-state index contributed by atoms with van der Waals surface area (Å²) in [7, 11) is 3.71. The second-order valence-electron chi connectivity index (χ2n) is 17.7. The minimum absolute atomic E-state index is 0.0149. The highest BCUT2D eigenvalue weighted by molar-refractivity contribution is 5.85. The standard InChI is InChI=1S/C44H54N2O7/c1-22-16-27-12-11-14-44(30(27)18-23(22)2)15-13-29-31-25(4)26(5)36-37(53-21-52-36)33(31)42(7,20-51-40(44)49)46-39(48)41(6)19-28-17-24(3)35(50-10)34(47)32(28)38(45(41)9)43(29,46)8/h16-18,29,38-39,47-48H,11-15,19-21H2,1-10H3/t29-,38-,39?,41+,42+,43?,44?/m1/s1. The van der Waals surface area contributed by atoms with Crippen LogP contribution in [-0.2, 0) is 33.3 Å². The molecule has 53 heavy (non-hydrogen) atoms. The first-order valence-electron chi connectivity index (χ1n) is 19.4. The molecule has 7 aliphatic rings. The SMILES string of the molecule is COc1c(C)cc2c(c1O)[C@H]1N(C)[C@@](C)(C2)C(O)N2C1(C)[C@@H]1CCC3(CCCc4cc(C)c(C)cc43)C(=O)OC[C@@]2(C)c2c3c(c(C)c(C)c21)OCO3. The minimum Gasteiger partial charge on any atom is -0.504 e. The number of aromatic hydroxyl groups is 1. The Morgan fingerprint density at radius 3 is 2.32 bits per heavy atom. The maximum absolute atomic E-state index is 15.0. The molecule has 2 fully saturated rings. The first kappa shape index (κ1) is 34.9. The number of benzene rings is 3. The lowest BCUT2D eigenvalue weighted by molar-refractivity contribution is -0.277. The number of phenolic OH excluding ortho intramolecular Hbond substituents is 1. The number of likely N-dealkylation sites (N-methyl/N-ethyl adjacent to an activating group) is 1. The van der Waals surface area contributed by atoms with Gasteiger partial charge in [0.05, 0.1) is 29.6 Å². The van der Waals surface area contributed by atoms with Gasteiger partial charge in [-0.25, -0.2) is 0 Å². The lowest BCUT2D eigenvalue weighted by atomic mass is 9.54. The van der Waals surface area contributed by atoms with Gasteiger partial charge in [0, 0.05) is 22.6 Å². The van der Waals surface area contributed by atoms with Crippen molar-refractivity contribution in [1.82, 2.24) is 9.80 Å². The van der Waals surface area contributed by atoms with Crippen LogP contribution in [0, 0.1) is 34.6 Å². The van der Waals surface area contributed by atoms with Crippen LogP contribution >= 0.6 is 0 Å². The highest BCUT2D eigenvalue weighted by Gasteiger charge is 2.71. The number of carbonyl (C=O) groups is 1. The molecule has 0 amide bonds. The largest absolute Gasteiger partial charge is 0.504 e. The van der Waals surface area contributed by atoms with Gasteiger partial charge in [0.1, 0.15) is 12.8 Å². The van der Waals surface area contributed by atoms with E-state index in [2.05, 4.69) is 83.5 Å². The number of aryl methyl sites for hydroxylation is 4. The first-order valence-corrected chi connectivity index (χ1v) is 19.4. The predicted molar refractivity (Wildman–Crippen MR) is 201 cm³/mol. The van der Waals surface area contributed by atoms with Crippen LogP contribution in [0.3, 0.4) is 0 Å². The van der Waals surface area contributed by atoms with Crippen molar-refractivity contribution in [3.05, 3.63) is 79.4 Å². The maximum atomic E-state index is 15.0. The van der Waals surface area contributed by atoms with E-state index in [4.69, 9.17) is 18.9 Å². The van der Waals surface area contributed by atoms with E-state index in [-0.39, 0.29) is 37.1 Å². The summed E-state index contributed by atoms with van der Waals surface area (Å²) >= 11 is 0. The summed E-state index contributed by atoms with van der Waals surface area (Å²) in [5, 5.41) is 25.4. The fourth-order valence-corrected chi connectivity index (χ4v) is 12.3. The van der Waals surface area contributed by atoms with Crippen molar-refractivity contribution in [1.29, 1.82) is 0 Å². The van der Waals surface area contributed by atoms with Crippen molar-refractivity contribution in [2.45, 2.75) is 134 Å². The topological polar surface area (TPSA) is 101 Å². The molecule has 3 unspecified atom stereocenters. The van der Waals surface area contributed by atoms with Gasteiger partial charge in [-0.1, -0.05) is 18.2 Å². The number of aliphatic hydroxyl groups is 1. The molecule has 1 spiro atoms. The van der Waals surface area contributed by atoms with E-state index in [1.807, 2.05) is 6.92 Å². The van der Waals surface area contributed by atoms with Crippen molar-refractivity contribution in [2.75, 3.05) is 27.6 Å². The molecule has 0 saturated carbocycles. The molecule has 6 aliphatic heterocycles. The number of phenols is 1. The van der Waals surface area contributed by atoms with E-state index in [1.165, 1.54) is 22.3 Å². The molecule has 282 valence electrons. The van der Waals surface area contributed by atoms with Gasteiger partial charge in [0.15, 0.2) is 23.0 Å². The number of rotatable bonds is 1. The Morgan fingerprint density at radius 2 is 1.58 bits per heavy atom. The molecule has 0 aromatic heterocycles. The average molecular weight is 723 g/mol. The Balaban J connectivity index is 1.37. The maximum Gasteiger partial charge on any atom is 0.316 e. The molecule has 0 radical (unpaired) electrons. The molecule has 1 aliphatic carbocycles. The number of hydrogen-bond donors (Lipinski definition) is 2. The average Bonchev–Trinajstić information content (AvgIpc) is 3.60. The Bertz CT molecular complexity index is 2130. The third-order valence-electron chi connectivity index (χ3n) is 15.2. The summed E-state index contributed by atoms with van der Waals surface area (Å²) in [5.41, 5.74) is 8.39. The molecule has 10 rings (SSSR count). The van der Waals surface area contributed by atoms with Crippen molar-refractivity contribution in [3.8, 4) is 23.0 Å². The second kappa shape index (κ2) is 11.1. The summed E-state index contributed by atoms with van der Waals surface area (Å²) < 4.78 is 25.2. The smallest absolute Gasteiger partial charge is 0.316 e. The minimum atomic E-state index is -1.03. The van der Waals surface area contributed by atoms with Crippen LogP contribution in [-0.4, -0.2) is 70.8 Å². The quantitative estimate of drug-likeness (QED) is 0.258. The lowest BCUT2D eigenvalue weighted by Gasteiger charge is -2.73. The number of aliphatic hydroxyl groups excluding tert-OH is 1. The Labute approximate surface area is 313 Å². The summed E-state index contributed by atoms with van der Waals surface area (Å²) in [5.74, 6) is 1.66. The Kier molecular flexibility index (Phi) is 7.35.